The summed E-state index contributed by atoms with van der Waals surface area (Å²) in [6, 6.07) is 3.58. The van der Waals surface area contributed by atoms with E-state index in [1.807, 2.05) is 13.0 Å². The number of piperidine rings is 1. The van der Waals surface area contributed by atoms with Crippen molar-refractivity contribution in [2.24, 2.45) is 5.92 Å². The Morgan fingerprint density at radius 2 is 2.35 bits per heavy atom. The number of benzene rings is 1. The normalized spacial score (nSPS) is 18.6. The van der Waals surface area contributed by atoms with E-state index in [0.29, 0.717) is 28.8 Å². The predicted molar refractivity (Wildman–Crippen MR) is 81.6 cm³/mol. The zero-order valence-corrected chi connectivity index (χ0v) is 12.7. The predicted octanol–water partition coefficient (Wildman–Crippen LogP) is 2.99. The number of methoxy groups -OCH3 is 1. The molecule has 1 aliphatic heterocycles. The second kappa shape index (κ2) is 6.95. The molecule has 110 valence electrons. The van der Waals surface area contributed by atoms with Gasteiger partial charge in [-0.2, -0.15) is 0 Å². The van der Waals surface area contributed by atoms with Gasteiger partial charge in [0.2, 0.25) is 5.91 Å². The second-order valence-corrected chi connectivity index (χ2v) is 5.67. The summed E-state index contributed by atoms with van der Waals surface area (Å²) in [6.07, 6.45) is 2.79. The zero-order valence-electron chi connectivity index (χ0n) is 12.0. The number of carbonyl (C=O) groups is 1. The number of rotatable bonds is 4. The second-order valence-electron chi connectivity index (χ2n) is 5.27. The van der Waals surface area contributed by atoms with E-state index in [2.05, 4.69) is 10.6 Å². The third-order valence-corrected chi connectivity index (χ3v) is 4.04. The van der Waals surface area contributed by atoms with Crippen molar-refractivity contribution in [1.82, 2.24) is 5.32 Å². The maximum atomic E-state index is 12.1. The molecule has 0 radical (unpaired) electrons. The number of halogens is 1. The molecule has 1 amide bonds. The van der Waals surface area contributed by atoms with Crippen molar-refractivity contribution in [1.29, 1.82) is 0 Å². The van der Waals surface area contributed by atoms with Gasteiger partial charge in [0.05, 0.1) is 12.8 Å². The largest absolute Gasteiger partial charge is 0.495 e. The SMILES string of the molecule is COc1cc(Cl)c(C)cc1NC(=O)CC1CCCNC1. The van der Waals surface area contributed by atoms with Gasteiger partial charge < -0.3 is 15.4 Å². The number of hydrogen-bond acceptors (Lipinski definition) is 3. The minimum Gasteiger partial charge on any atom is -0.495 e. The van der Waals surface area contributed by atoms with Crippen LogP contribution in [0.2, 0.25) is 5.02 Å². The molecule has 1 fully saturated rings. The third kappa shape index (κ3) is 3.87. The lowest BCUT2D eigenvalue weighted by Crippen LogP contribution is -2.32. The van der Waals surface area contributed by atoms with Crippen molar-refractivity contribution < 1.29 is 9.53 Å². The van der Waals surface area contributed by atoms with Crippen LogP contribution in [0.4, 0.5) is 5.69 Å². The van der Waals surface area contributed by atoms with Gasteiger partial charge in [-0.05, 0) is 50.4 Å². The van der Waals surface area contributed by atoms with E-state index in [0.717, 1.165) is 31.5 Å². The van der Waals surface area contributed by atoms with Crippen LogP contribution in [0.15, 0.2) is 12.1 Å². The molecule has 4 nitrogen and oxygen atoms in total. The van der Waals surface area contributed by atoms with Gasteiger partial charge >= 0.3 is 0 Å². The summed E-state index contributed by atoms with van der Waals surface area (Å²) in [7, 11) is 1.57. The maximum Gasteiger partial charge on any atom is 0.224 e. The molecule has 0 saturated carbocycles. The van der Waals surface area contributed by atoms with Crippen LogP contribution in [-0.2, 0) is 4.79 Å². The molecular formula is C15H21ClN2O2. The average Bonchev–Trinajstić information content (AvgIpc) is 2.43. The van der Waals surface area contributed by atoms with Crippen molar-refractivity contribution in [2.75, 3.05) is 25.5 Å². The Morgan fingerprint density at radius 1 is 1.55 bits per heavy atom. The van der Waals surface area contributed by atoms with Gasteiger partial charge in [-0.15, -0.1) is 0 Å². The molecule has 1 heterocycles. The number of anilines is 1. The van der Waals surface area contributed by atoms with E-state index in [4.69, 9.17) is 16.3 Å². The zero-order chi connectivity index (χ0) is 14.5. The summed E-state index contributed by atoms with van der Waals surface area (Å²) in [4.78, 5) is 12.1. The van der Waals surface area contributed by atoms with Crippen LogP contribution in [0.1, 0.15) is 24.8 Å². The van der Waals surface area contributed by atoms with E-state index in [1.165, 1.54) is 0 Å². The van der Waals surface area contributed by atoms with E-state index in [9.17, 15) is 4.79 Å². The number of carbonyl (C=O) groups excluding carboxylic acids is 1. The molecule has 0 aliphatic carbocycles. The van der Waals surface area contributed by atoms with Gasteiger partial charge in [0.15, 0.2) is 0 Å². The maximum absolute atomic E-state index is 12.1. The molecule has 5 heteroatoms. The van der Waals surface area contributed by atoms with E-state index < -0.39 is 0 Å². The fraction of sp³-hybridized carbons (Fsp3) is 0.533. The van der Waals surface area contributed by atoms with Crippen LogP contribution in [0, 0.1) is 12.8 Å². The highest BCUT2D eigenvalue weighted by Gasteiger charge is 2.18. The fourth-order valence-electron chi connectivity index (χ4n) is 2.49. The Kier molecular flexibility index (Phi) is 5.26. The Morgan fingerprint density at radius 3 is 3.00 bits per heavy atom. The number of ether oxygens (including phenoxy) is 1. The first-order chi connectivity index (χ1) is 9.60. The van der Waals surface area contributed by atoms with E-state index in [1.54, 1.807) is 13.2 Å². The van der Waals surface area contributed by atoms with Crippen molar-refractivity contribution in [3.63, 3.8) is 0 Å². The standard InChI is InChI=1S/C15H21ClN2O2/c1-10-6-13(14(20-2)8-12(10)16)18-15(19)7-11-4-3-5-17-9-11/h6,8,11,17H,3-5,7,9H2,1-2H3,(H,18,19). The van der Waals surface area contributed by atoms with Crippen molar-refractivity contribution in [3.8, 4) is 5.75 Å². The Labute approximate surface area is 124 Å². The summed E-state index contributed by atoms with van der Waals surface area (Å²) < 4.78 is 5.26. The minimum absolute atomic E-state index is 0.0266. The highest BCUT2D eigenvalue weighted by molar-refractivity contribution is 6.31. The van der Waals surface area contributed by atoms with Crippen LogP contribution in [0.5, 0.6) is 5.75 Å². The number of nitrogens with one attached hydrogen (secondary N) is 2. The van der Waals surface area contributed by atoms with Crippen LogP contribution in [0.3, 0.4) is 0 Å². The van der Waals surface area contributed by atoms with Crippen LogP contribution in [-0.4, -0.2) is 26.1 Å². The first-order valence-electron chi connectivity index (χ1n) is 6.95. The number of aryl methyl sites for hydroxylation is 1. The third-order valence-electron chi connectivity index (χ3n) is 3.63. The molecule has 1 atom stereocenters. The summed E-state index contributed by atoms with van der Waals surface area (Å²) in [5.74, 6) is 1.04. The number of amides is 1. The van der Waals surface area contributed by atoms with Crippen molar-refractivity contribution in [2.45, 2.75) is 26.2 Å². The van der Waals surface area contributed by atoms with E-state index in [-0.39, 0.29) is 5.91 Å². The van der Waals surface area contributed by atoms with Gasteiger partial charge in [-0.3, -0.25) is 4.79 Å². The molecular weight excluding hydrogens is 276 g/mol. The van der Waals surface area contributed by atoms with Gasteiger partial charge in [-0.25, -0.2) is 0 Å². The highest BCUT2D eigenvalue weighted by Crippen LogP contribution is 2.31. The molecule has 1 unspecified atom stereocenters. The molecule has 1 saturated heterocycles. The van der Waals surface area contributed by atoms with Gasteiger partial charge in [0, 0.05) is 17.5 Å². The van der Waals surface area contributed by atoms with Gasteiger partial charge in [0.1, 0.15) is 5.75 Å². The first kappa shape index (κ1) is 15.1. The Hall–Kier alpha value is -1.26. The van der Waals surface area contributed by atoms with Crippen LogP contribution >= 0.6 is 11.6 Å². The quantitative estimate of drug-likeness (QED) is 0.898. The minimum atomic E-state index is 0.0266. The van der Waals surface area contributed by atoms with Crippen LogP contribution in [0.25, 0.3) is 0 Å². The van der Waals surface area contributed by atoms with Crippen molar-refractivity contribution in [3.05, 3.63) is 22.7 Å². The van der Waals surface area contributed by atoms with Gasteiger partial charge in [-0.1, -0.05) is 11.6 Å². The monoisotopic (exact) mass is 296 g/mol. The molecule has 20 heavy (non-hydrogen) atoms. The molecule has 2 N–H and O–H groups in total. The molecule has 1 aliphatic rings. The lowest BCUT2D eigenvalue weighted by atomic mass is 9.96. The Bertz CT molecular complexity index is 485. The fourth-order valence-corrected chi connectivity index (χ4v) is 2.65. The molecule has 1 aromatic carbocycles. The molecule has 2 rings (SSSR count). The van der Waals surface area contributed by atoms with Gasteiger partial charge in [0.25, 0.3) is 0 Å². The smallest absolute Gasteiger partial charge is 0.224 e. The molecule has 0 spiro atoms. The summed E-state index contributed by atoms with van der Waals surface area (Å²) in [5.41, 5.74) is 1.60. The topological polar surface area (TPSA) is 50.4 Å². The highest BCUT2D eigenvalue weighted by atomic mass is 35.5. The Balaban J connectivity index is 2.01. The molecule has 0 bridgehead atoms. The summed E-state index contributed by atoms with van der Waals surface area (Å²) in [5, 5.41) is 6.88. The van der Waals surface area contributed by atoms with E-state index >= 15 is 0 Å². The summed E-state index contributed by atoms with van der Waals surface area (Å²) in [6.45, 7) is 3.88. The first-order valence-corrected chi connectivity index (χ1v) is 7.32. The van der Waals surface area contributed by atoms with Crippen LogP contribution < -0.4 is 15.4 Å². The lowest BCUT2D eigenvalue weighted by Gasteiger charge is -2.22. The lowest BCUT2D eigenvalue weighted by molar-refractivity contribution is -0.117. The molecule has 0 aromatic heterocycles. The summed E-state index contributed by atoms with van der Waals surface area (Å²) >= 11 is 6.06. The number of hydrogen-bond donors (Lipinski definition) is 2. The molecule has 1 aromatic rings. The van der Waals surface area contributed by atoms with Crippen molar-refractivity contribution >= 4 is 23.2 Å². The average molecular weight is 297 g/mol.